The van der Waals surface area contributed by atoms with Crippen LogP contribution >= 0.6 is 0 Å². The molecule has 1 fully saturated rings. The fourth-order valence-corrected chi connectivity index (χ4v) is 4.17. The van der Waals surface area contributed by atoms with E-state index in [9.17, 15) is 10.1 Å². The van der Waals surface area contributed by atoms with E-state index in [1.54, 1.807) is 12.1 Å². The maximum absolute atomic E-state index is 11.0. The molecular weight excluding hydrogens is 438 g/mol. The highest BCUT2D eigenvalue weighted by Crippen LogP contribution is 2.34. The molecule has 11 heteroatoms. The molecule has 0 saturated carbocycles. The molecule has 5 rings (SSSR count). The highest BCUT2D eigenvalue weighted by molar-refractivity contribution is 5.95. The van der Waals surface area contributed by atoms with Gasteiger partial charge in [-0.15, -0.1) is 0 Å². The molecule has 0 bridgehead atoms. The largest absolute Gasteiger partial charge is 0.473 e. The van der Waals surface area contributed by atoms with Crippen LogP contribution in [0.15, 0.2) is 41.3 Å². The molecule has 4 heterocycles. The summed E-state index contributed by atoms with van der Waals surface area (Å²) in [6.45, 7) is 5.57. The summed E-state index contributed by atoms with van der Waals surface area (Å²) < 4.78 is 13.7. The van der Waals surface area contributed by atoms with Crippen molar-refractivity contribution in [2.75, 3.05) is 18.0 Å². The molecule has 0 N–H and O–H groups in total. The minimum Gasteiger partial charge on any atom is -0.473 e. The number of benzene rings is 1. The SMILES string of the molecule is CC(C)c1noc(N2CCC(Oc3ncnc4c(-c5ccc([N+](=O)[O-])cc5)cn(C)c34)CC2)n1. The molecule has 0 spiro atoms. The van der Waals surface area contributed by atoms with Crippen molar-refractivity contribution in [3.8, 4) is 17.0 Å². The molecule has 0 unspecified atom stereocenters. The van der Waals surface area contributed by atoms with Crippen LogP contribution in [0.1, 0.15) is 38.4 Å². The molecule has 0 atom stereocenters. The second-order valence-electron chi connectivity index (χ2n) is 8.73. The van der Waals surface area contributed by atoms with Gasteiger partial charge in [-0.2, -0.15) is 9.97 Å². The van der Waals surface area contributed by atoms with Crippen LogP contribution in [0, 0.1) is 10.1 Å². The Kier molecular flexibility index (Phi) is 5.60. The van der Waals surface area contributed by atoms with Crippen molar-refractivity contribution in [2.45, 2.75) is 38.7 Å². The highest BCUT2D eigenvalue weighted by atomic mass is 16.6. The zero-order valence-corrected chi connectivity index (χ0v) is 19.2. The number of ether oxygens (including phenoxy) is 1. The lowest BCUT2D eigenvalue weighted by molar-refractivity contribution is -0.384. The summed E-state index contributed by atoms with van der Waals surface area (Å²) in [7, 11) is 1.91. The number of nitro benzene ring substituents is 1. The summed E-state index contributed by atoms with van der Waals surface area (Å²) in [5, 5.41) is 15.0. The first kappa shape index (κ1) is 21.8. The third-order valence-electron chi connectivity index (χ3n) is 6.05. The Morgan fingerprint density at radius 2 is 1.91 bits per heavy atom. The van der Waals surface area contributed by atoms with E-state index >= 15 is 0 Å². The van der Waals surface area contributed by atoms with Gasteiger partial charge in [0.25, 0.3) is 5.69 Å². The van der Waals surface area contributed by atoms with Crippen molar-refractivity contribution in [3.63, 3.8) is 0 Å². The van der Waals surface area contributed by atoms with Gasteiger partial charge in [0.2, 0.25) is 5.88 Å². The van der Waals surface area contributed by atoms with Gasteiger partial charge in [0.05, 0.1) is 4.92 Å². The van der Waals surface area contributed by atoms with Gasteiger partial charge < -0.3 is 18.7 Å². The number of hydrogen-bond donors (Lipinski definition) is 0. The Bertz CT molecular complexity index is 1320. The van der Waals surface area contributed by atoms with Crippen LogP contribution in [0.3, 0.4) is 0 Å². The highest BCUT2D eigenvalue weighted by Gasteiger charge is 2.26. The lowest BCUT2D eigenvalue weighted by atomic mass is 10.1. The normalized spacial score (nSPS) is 14.8. The molecule has 1 aliphatic rings. The van der Waals surface area contributed by atoms with Crippen LogP contribution < -0.4 is 9.64 Å². The molecule has 1 aromatic carbocycles. The molecule has 0 amide bonds. The van der Waals surface area contributed by atoms with Gasteiger partial charge in [-0.3, -0.25) is 10.1 Å². The van der Waals surface area contributed by atoms with E-state index in [1.165, 1.54) is 18.5 Å². The second-order valence-corrected chi connectivity index (χ2v) is 8.73. The molecule has 34 heavy (non-hydrogen) atoms. The van der Waals surface area contributed by atoms with Crippen molar-refractivity contribution < 1.29 is 14.2 Å². The first-order valence-corrected chi connectivity index (χ1v) is 11.2. The van der Waals surface area contributed by atoms with Crippen LogP contribution in [0.2, 0.25) is 0 Å². The van der Waals surface area contributed by atoms with E-state index in [1.807, 2.05) is 31.7 Å². The van der Waals surface area contributed by atoms with Gasteiger partial charge in [0.15, 0.2) is 5.82 Å². The standard InChI is InChI=1S/C23H25N7O4/c1-14(2)21-26-23(34-27-21)29-10-8-17(9-11-29)33-22-20-19(24-13-25-22)18(12-28(20)3)15-4-6-16(7-5-15)30(31)32/h4-7,12-14,17H,8-11H2,1-3H3. The zero-order valence-electron chi connectivity index (χ0n) is 19.2. The van der Waals surface area contributed by atoms with Crippen LogP contribution in [0.4, 0.5) is 11.7 Å². The second kappa shape index (κ2) is 8.73. The summed E-state index contributed by atoms with van der Waals surface area (Å²) in [5.74, 6) is 1.46. The third-order valence-corrected chi connectivity index (χ3v) is 6.05. The number of anilines is 1. The summed E-state index contributed by atoms with van der Waals surface area (Å²) in [6, 6.07) is 7.00. The lowest BCUT2D eigenvalue weighted by Gasteiger charge is -2.30. The molecule has 1 aliphatic heterocycles. The molecule has 3 aromatic heterocycles. The average molecular weight is 463 g/mol. The first-order valence-electron chi connectivity index (χ1n) is 11.2. The number of aromatic nitrogens is 5. The van der Waals surface area contributed by atoms with Gasteiger partial charge in [0.1, 0.15) is 23.5 Å². The molecule has 11 nitrogen and oxygen atoms in total. The van der Waals surface area contributed by atoms with Crippen molar-refractivity contribution in [1.82, 2.24) is 24.7 Å². The molecular formula is C23H25N7O4. The first-order chi connectivity index (χ1) is 16.4. The minimum absolute atomic E-state index is 0.000402. The number of piperidine rings is 1. The Morgan fingerprint density at radius 1 is 1.18 bits per heavy atom. The van der Waals surface area contributed by atoms with Crippen LogP contribution in [-0.4, -0.2) is 48.8 Å². The molecule has 0 aliphatic carbocycles. The predicted molar refractivity (Wildman–Crippen MR) is 125 cm³/mol. The van der Waals surface area contributed by atoms with E-state index in [-0.39, 0.29) is 17.7 Å². The summed E-state index contributed by atoms with van der Waals surface area (Å²) in [5.41, 5.74) is 3.29. The topological polar surface area (TPSA) is 125 Å². The van der Waals surface area contributed by atoms with Gasteiger partial charge in [-0.25, -0.2) is 4.98 Å². The number of aryl methyl sites for hydroxylation is 1. The third kappa shape index (κ3) is 4.04. The number of hydrogen-bond acceptors (Lipinski definition) is 9. The van der Waals surface area contributed by atoms with E-state index in [2.05, 4.69) is 25.0 Å². The quantitative estimate of drug-likeness (QED) is 0.307. The van der Waals surface area contributed by atoms with Crippen molar-refractivity contribution >= 4 is 22.7 Å². The number of non-ortho nitro benzene ring substituents is 1. The summed E-state index contributed by atoms with van der Waals surface area (Å²) >= 11 is 0. The molecule has 1 saturated heterocycles. The van der Waals surface area contributed by atoms with Gasteiger partial charge in [0, 0.05) is 62.8 Å². The van der Waals surface area contributed by atoms with E-state index in [0.29, 0.717) is 17.7 Å². The minimum atomic E-state index is -0.409. The van der Waals surface area contributed by atoms with E-state index in [0.717, 1.165) is 48.1 Å². The summed E-state index contributed by atoms with van der Waals surface area (Å²) in [4.78, 5) is 26.0. The monoisotopic (exact) mass is 463 g/mol. The van der Waals surface area contributed by atoms with Crippen molar-refractivity contribution in [2.24, 2.45) is 7.05 Å². The van der Waals surface area contributed by atoms with Gasteiger partial charge in [-0.05, 0) is 17.7 Å². The van der Waals surface area contributed by atoms with Crippen LogP contribution in [-0.2, 0) is 7.05 Å². The number of nitrogens with zero attached hydrogens (tertiary/aromatic N) is 7. The average Bonchev–Trinajstić information content (AvgIpc) is 3.46. The Labute approximate surface area is 195 Å². The smallest absolute Gasteiger partial charge is 0.324 e. The van der Waals surface area contributed by atoms with Gasteiger partial charge >= 0.3 is 6.01 Å². The maximum Gasteiger partial charge on any atom is 0.324 e. The maximum atomic E-state index is 11.0. The molecule has 0 radical (unpaired) electrons. The molecule has 4 aromatic rings. The fraction of sp³-hybridized carbons (Fsp3) is 0.391. The Morgan fingerprint density at radius 3 is 2.56 bits per heavy atom. The number of nitro groups is 1. The zero-order chi connectivity index (χ0) is 23.8. The van der Waals surface area contributed by atoms with E-state index in [4.69, 9.17) is 9.26 Å². The fourth-order valence-electron chi connectivity index (χ4n) is 4.17. The molecule has 176 valence electrons. The van der Waals surface area contributed by atoms with Crippen LogP contribution in [0.25, 0.3) is 22.2 Å². The predicted octanol–water partition coefficient (Wildman–Crippen LogP) is 4.10. The number of rotatable bonds is 6. The summed E-state index contributed by atoms with van der Waals surface area (Å²) in [6.07, 6.45) is 5.03. The van der Waals surface area contributed by atoms with Gasteiger partial charge in [-0.1, -0.05) is 19.0 Å². The van der Waals surface area contributed by atoms with Crippen molar-refractivity contribution in [3.05, 3.63) is 52.7 Å². The van der Waals surface area contributed by atoms with E-state index < -0.39 is 4.92 Å². The lowest BCUT2D eigenvalue weighted by Crippen LogP contribution is -2.38. The van der Waals surface area contributed by atoms with Crippen molar-refractivity contribution in [1.29, 1.82) is 0 Å². The Balaban J connectivity index is 1.33. The Hall–Kier alpha value is -4.02. The number of fused-ring (bicyclic) bond motifs is 1. The van der Waals surface area contributed by atoms with Crippen LogP contribution in [0.5, 0.6) is 5.88 Å².